The second-order valence-corrected chi connectivity index (χ2v) is 7.17. The van der Waals surface area contributed by atoms with Gasteiger partial charge in [-0.1, -0.05) is 90.9 Å². The highest BCUT2D eigenvalue weighted by molar-refractivity contribution is 5.68. The Hall–Kier alpha value is -1.10. The van der Waals surface area contributed by atoms with Crippen LogP contribution in [0.3, 0.4) is 0 Å². The van der Waals surface area contributed by atoms with Gasteiger partial charge in [-0.2, -0.15) is 0 Å². The summed E-state index contributed by atoms with van der Waals surface area (Å²) in [6.07, 6.45) is 17.3. The summed E-state index contributed by atoms with van der Waals surface area (Å²) in [7, 11) is 0. The number of hydrogen-bond donors (Lipinski definition) is 3. The number of rotatable bonds is 16. The monoisotopic (exact) mass is 359 g/mol. The van der Waals surface area contributed by atoms with Gasteiger partial charge in [-0.25, -0.2) is 0 Å². The standard InChI is InChI=1S/C18H36O2.C2H5NO2/c1-17(2)15-13-11-9-7-5-3-4-6-8-10-12-14-16-18(19)20;3-1-2(4)5/h17H,3-16H2,1-2H3,(H,19,20);1,3H2,(H,4,5). The van der Waals surface area contributed by atoms with Crippen LogP contribution in [0.2, 0.25) is 0 Å². The lowest BCUT2D eigenvalue weighted by Gasteiger charge is -2.04. The Morgan fingerprint density at radius 2 is 1.00 bits per heavy atom. The normalized spacial score (nSPS) is 10.4. The average molecular weight is 360 g/mol. The van der Waals surface area contributed by atoms with Gasteiger partial charge in [0.2, 0.25) is 0 Å². The van der Waals surface area contributed by atoms with Crippen LogP contribution in [-0.4, -0.2) is 28.7 Å². The number of carbonyl (C=O) groups is 2. The molecule has 0 unspecified atom stereocenters. The van der Waals surface area contributed by atoms with E-state index >= 15 is 0 Å². The third-order valence-electron chi connectivity index (χ3n) is 4.10. The fourth-order valence-corrected chi connectivity index (χ4v) is 2.60. The summed E-state index contributed by atoms with van der Waals surface area (Å²) < 4.78 is 0. The van der Waals surface area contributed by atoms with E-state index in [1.807, 2.05) is 0 Å². The molecule has 0 saturated carbocycles. The quantitative estimate of drug-likeness (QED) is 0.328. The highest BCUT2D eigenvalue weighted by Crippen LogP contribution is 2.14. The van der Waals surface area contributed by atoms with Crippen LogP contribution >= 0.6 is 0 Å². The van der Waals surface area contributed by atoms with Crippen molar-refractivity contribution >= 4 is 11.9 Å². The van der Waals surface area contributed by atoms with Crippen molar-refractivity contribution in [3.05, 3.63) is 0 Å². The van der Waals surface area contributed by atoms with Crippen molar-refractivity contribution in [3.63, 3.8) is 0 Å². The Bertz CT molecular complexity index is 306. The molecule has 0 heterocycles. The first-order valence-electron chi connectivity index (χ1n) is 10.0. The van der Waals surface area contributed by atoms with E-state index < -0.39 is 11.9 Å². The molecule has 4 N–H and O–H groups in total. The molecule has 0 aliphatic carbocycles. The maximum Gasteiger partial charge on any atom is 0.317 e. The van der Waals surface area contributed by atoms with Crippen molar-refractivity contribution in [1.82, 2.24) is 0 Å². The minimum absolute atomic E-state index is 0.278. The second kappa shape index (κ2) is 20.9. The highest BCUT2D eigenvalue weighted by Gasteiger charge is 1.97. The zero-order valence-corrected chi connectivity index (χ0v) is 16.5. The van der Waals surface area contributed by atoms with Gasteiger partial charge in [-0.05, 0) is 12.3 Å². The van der Waals surface area contributed by atoms with E-state index in [2.05, 4.69) is 19.6 Å². The van der Waals surface area contributed by atoms with E-state index in [0.29, 0.717) is 6.42 Å². The van der Waals surface area contributed by atoms with Gasteiger partial charge in [0.15, 0.2) is 0 Å². The molecule has 5 nitrogen and oxygen atoms in total. The molecule has 5 heteroatoms. The third-order valence-corrected chi connectivity index (χ3v) is 4.10. The molecule has 150 valence electrons. The summed E-state index contributed by atoms with van der Waals surface area (Å²) in [5, 5.41) is 16.1. The number of carboxylic acids is 2. The molecule has 0 rings (SSSR count). The lowest BCUT2D eigenvalue weighted by molar-refractivity contribution is -0.137. The van der Waals surface area contributed by atoms with Gasteiger partial charge in [-0.3, -0.25) is 9.59 Å². The van der Waals surface area contributed by atoms with Crippen LogP contribution in [0, 0.1) is 5.92 Å². The van der Waals surface area contributed by atoms with E-state index in [-0.39, 0.29) is 6.54 Å². The molecule has 0 radical (unpaired) electrons. The van der Waals surface area contributed by atoms with Crippen molar-refractivity contribution in [2.24, 2.45) is 11.7 Å². The van der Waals surface area contributed by atoms with Crippen molar-refractivity contribution in [1.29, 1.82) is 0 Å². The Morgan fingerprint density at radius 1 is 0.680 bits per heavy atom. The van der Waals surface area contributed by atoms with E-state index in [1.54, 1.807) is 0 Å². The molecular weight excluding hydrogens is 318 g/mol. The van der Waals surface area contributed by atoms with Crippen molar-refractivity contribution in [3.8, 4) is 0 Å². The lowest BCUT2D eigenvalue weighted by Crippen LogP contribution is -2.10. The molecule has 0 fully saturated rings. The van der Waals surface area contributed by atoms with Crippen LogP contribution in [-0.2, 0) is 9.59 Å². The van der Waals surface area contributed by atoms with Gasteiger partial charge in [0.1, 0.15) is 0 Å². The molecule has 25 heavy (non-hydrogen) atoms. The number of unbranched alkanes of at least 4 members (excludes halogenated alkanes) is 11. The summed E-state index contributed by atoms with van der Waals surface area (Å²) in [5.74, 6) is -0.756. The topological polar surface area (TPSA) is 101 Å². The number of nitrogens with two attached hydrogens (primary N) is 1. The van der Waals surface area contributed by atoms with Crippen LogP contribution in [0.15, 0.2) is 0 Å². The molecule has 0 aliphatic heterocycles. The number of aliphatic carboxylic acids is 2. The molecular formula is C20H41NO4. The first-order chi connectivity index (χ1) is 11.9. The maximum absolute atomic E-state index is 10.3. The molecule has 0 bridgehead atoms. The van der Waals surface area contributed by atoms with Crippen LogP contribution in [0.4, 0.5) is 0 Å². The van der Waals surface area contributed by atoms with E-state index in [1.165, 1.54) is 70.6 Å². The van der Waals surface area contributed by atoms with E-state index in [9.17, 15) is 9.59 Å². The van der Waals surface area contributed by atoms with E-state index in [0.717, 1.165) is 18.8 Å². The van der Waals surface area contributed by atoms with Crippen LogP contribution in [0.1, 0.15) is 104 Å². The molecule has 0 aromatic heterocycles. The summed E-state index contributed by atoms with van der Waals surface area (Å²) in [6, 6.07) is 0. The van der Waals surface area contributed by atoms with Crippen molar-refractivity contribution < 1.29 is 19.8 Å². The number of carboxylic acid groups (broad SMARTS) is 2. The predicted octanol–water partition coefficient (Wildman–Crippen LogP) is 5.22. The minimum Gasteiger partial charge on any atom is -0.481 e. The number of hydrogen-bond acceptors (Lipinski definition) is 3. The van der Waals surface area contributed by atoms with Gasteiger partial charge >= 0.3 is 11.9 Å². The molecule has 0 amide bonds. The Balaban J connectivity index is 0. The lowest BCUT2D eigenvalue weighted by atomic mass is 10.0. The molecule has 0 aromatic rings. The smallest absolute Gasteiger partial charge is 0.317 e. The Kier molecular flexibility index (Phi) is 21.9. The van der Waals surface area contributed by atoms with Gasteiger partial charge in [0, 0.05) is 6.42 Å². The predicted molar refractivity (Wildman–Crippen MR) is 104 cm³/mol. The van der Waals surface area contributed by atoms with Crippen LogP contribution < -0.4 is 5.73 Å². The van der Waals surface area contributed by atoms with Gasteiger partial charge in [-0.15, -0.1) is 0 Å². The first-order valence-corrected chi connectivity index (χ1v) is 10.0. The zero-order valence-electron chi connectivity index (χ0n) is 16.5. The Labute approximate surface area is 154 Å². The maximum atomic E-state index is 10.3. The van der Waals surface area contributed by atoms with Crippen molar-refractivity contribution in [2.75, 3.05) is 6.54 Å². The summed E-state index contributed by atoms with van der Waals surface area (Å²) in [6.45, 7) is 4.34. The summed E-state index contributed by atoms with van der Waals surface area (Å²) in [4.78, 5) is 19.6. The first kappa shape index (κ1) is 26.1. The largest absolute Gasteiger partial charge is 0.481 e. The molecule has 0 atom stereocenters. The second-order valence-electron chi connectivity index (χ2n) is 7.17. The highest BCUT2D eigenvalue weighted by atomic mass is 16.4. The zero-order chi connectivity index (χ0) is 19.3. The van der Waals surface area contributed by atoms with Crippen LogP contribution in [0.5, 0.6) is 0 Å². The van der Waals surface area contributed by atoms with Gasteiger partial charge in [0.25, 0.3) is 0 Å². The van der Waals surface area contributed by atoms with Gasteiger partial charge < -0.3 is 15.9 Å². The fraction of sp³-hybridized carbons (Fsp3) is 0.900. The van der Waals surface area contributed by atoms with Crippen molar-refractivity contribution in [2.45, 2.75) is 104 Å². The fourth-order valence-electron chi connectivity index (χ4n) is 2.60. The Morgan fingerprint density at radius 3 is 1.28 bits per heavy atom. The van der Waals surface area contributed by atoms with E-state index in [4.69, 9.17) is 10.2 Å². The summed E-state index contributed by atoms with van der Waals surface area (Å²) in [5.41, 5.74) is 4.57. The molecule has 0 aliphatic rings. The molecule has 0 spiro atoms. The third kappa shape index (κ3) is 31.2. The SMILES string of the molecule is CC(C)CCCCCCCCCCCCCCC(=O)O.NCC(=O)O. The molecule has 0 aromatic carbocycles. The van der Waals surface area contributed by atoms with Gasteiger partial charge in [0.05, 0.1) is 6.54 Å². The molecule has 0 saturated heterocycles. The average Bonchev–Trinajstić information content (AvgIpc) is 2.55. The van der Waals surface area contributed by atoms with Crippen LogP contribution in [0.25, 0.3) is 0 Å². The minimum atomic E-state index is -0.968. The summed E-state index contributed by atoms with van der Waals surface area (Å²) >= 11 is 0.